The number of aromatic nitrogens is 2. The Morgan fingerprint density at radius 2 is 2.33 bits per heavy atom. The van der Waals surface area contributed by atoms with Gasteiger partial charge in [0.15, 0.2) is 0 Å². The summed E-state index contributed by atoms with van der Waals surface area (Å²) in [5, 5.41) is 8.91. The Morgan fingerprint density at radius 3 is 2.94 bits per heavy atom. The van der Waals surface area contributed by atoms with Crippen molar-refractivity contribution in [3.05, 3.63) is 47.5 Å². The van der Waals surface area contributed by atoms with Crippen LogP contribution >= 0.6 is 11.6 Å². The van der Waals surface area contributed by atoms with Crippen molar-refractivity contribution in [3.63, 3.8) is 0 Å². The second kappa shape index (κ2) is 5.56. The van der Waals surface area contributed by atoms with Gasteiger partial charge in [-0.15, -0.1) is 11.6 Å². The van der Waals surface area contributed by atoms with E-state index in [2.05, 4.69) is 11.1 Å². The van der Waals surface area contributed by atoms with Crippen molar-refractivity contribution in [1.82, 2.24) is 9.55 Å². The van der Waals surface area contributed by atoms with Crippen LogP contribution in [0, 0.1) is 11.3 Å². The van der Waals surface area contributed by atoms with Gasteiger partial charge in [-0.25, -0.2) is 4.98 Å². The van der Waals surface area contributed by atoms with Crippen LogP contribution in [-0.4, -0.2) is 16.7 Å². The van der Waals surface area contributed by atoms with Gasteiger partial charge in [-0.2, -0.15) is 5.26 Å². The molecular weight excluding hydrogens is 250 g/mol. The van der Waals surface area contributed by atoms with Crippen LogP contribution in [0.25, 0.3) is 0 Å². The first kappa shape index (κ1) is 12.5. The average molecular weight is 262 g/mol. The topological polar surface area (TPSA) is 50.8 Å². The molecule has 1 heterocycles. The number of nitriles is 1. The lowest BCUT2D eigenvalue weighted by Gasteiger charge is -2.06. The van der Waals surface area contributed by atoms with E-state index < -0.39 is 0 Å². The van der Waals surface area contributed by atoms with Gasteiger partial charge in [-0.3, -0.25) is 0 Å². The van der Waals surface area contributed by atoms with Crippen LogP contribution in [-0.2, 0) is 12.4 Å². The van der Waals surface area contributed by atoms with Crippen LogP contribution in [0.1, 0.15) is 16.8 Å². The van der Waals surface area contributed by atoms with E-state index >= 15 is 0 Å². The normalized spacial score (nSPS) is 10.1. The van der Waals surface area contributed by atoms with E-state index in [4.69, 9.17) is 21.6 Å². The largest absolute Gasteiger partial charge is 0.495 e. The summed E-state index contributed by atoms with van der Waals surface area (Å²) in [6.45, 7) is 0.673. The monoisotopic (exact) mass is 261 g/mol. The van der Waals surface area contributed by atoms with E-state index in [1.165, 1.54) is 0 Å². The molecule has 0 N–H and O–H groups in total. The van der Waals surface area contributed by atoms with Crippen molar-refractivity contribution in [2.24, 2.45) is 0 Å². The van der Waals surface area contributed by atoms with Crippen molar-refractivity contribution in [1.29, 1.82) is 5.26 Å². The number of ether oxygens (including phenoxy) is 1. The molecule has 1 aromatic heterocycles. The van der Waals surface area contributed by atoms with Gasteiger partial charge >= 0.3 is 0 Å². The Kier molecular flexibility index (Phi) is 3.85. The number of benzene rings is 1. The minimum absolute atomic E-state index is 0.406. The van der Waals surface area contributed by atoms with Crippen LogP contribution in [0.4, 0.5) is 0 Å². The van der Waals surface area contributed by atoms with Crippen molar-refractivity contribution in [3.8, 4) is 11.8 Å². The van der Waals surface area contributed by atoms with E-state index in [1.807, 2.05) is 22.9 Å². The van der Waals surface area contributed by atoms with E-state index in [1.54, 1.807) is 19.5 Å². The van der Waals surface area contributed by atoms with E-state index in [9.17, 15) is 0 Å². The van der Waals surface area contributed by atoms with E-state index in [0.29, 0.717) is 23.7 Å². The first-order valence-corrected chi connectivity index (χ1v) is 5.94. The molecule has 5 heteroatoms. The van der Waals surface area contributed by atoms with Crippen LogP contribution in [0.2, 0.25) is 0 Å². The molecule has 0 amide bonds. The molecule has 0 saturated heterocycles. The Bertz CT molecular complexity index is 586. The molecule has 18 heavy (non-hydrogen) atoms. The highest BCUT2D eigenvalue weighted by Crippen LogP contribution is 2.19. The van der Waals surface area contributed by atoms with Crippen LogP contribution in [0.3, 0.4) is 0 Å². The molecule has 0 radical (unpaired) electrons. The van der Waals surface area contributed by atoms with Gasteiger partial charge in [0.1, 0.15) is 11.8 Å². The molecule has 1 aromatic carbocycles. The van der Waals surface area contributed by atoms with E-state index in [0.717, 1.165) is 11.3 Å². The third kappa shape index (κ3) is 2.63. The fraction of sp³-hybridized carbons (Fsp3) is 0.231. The fourth-order valence-corrected chi connectivity index (χ4v) is 1.84. The molecule has 0 fully saturated rings. The maximum atomic E-state index is 8.91. The number of nitrogens with zero attached hydrogens (tertiary/aromatic N) is 3. The predicted molar refractivity (Wildman–Crippen MR) is 68.6 cm³/mol. The highest BCUT2D eigenvalue weighted by molar-refractivity contribution is 6.16. The Labute approximate surface area is 110 Å². The van der Waals surface area contributed by atoms with Crippen molar-refractivity contribution >= 4 is 11.6 Å². The molecule has 0 aliphatic rings. The molecule has 2 rings (SSSR count). The molecular formula is C13H12ClN3O. The summed E-state index contributed by atoms with van der Waals surface area (Å²) >= 11 is 5.70. The van der Waals surface area contributed by atoms with Crippen molar-refractivity contribution in [2.75, 3.05) is 7.11 Å². The Balaban J connectivity index is 2.22. The minimum atomic E-state index is 0.406. The lowest BCUT2D eigenvalue weighted by molar-refractivity contribution is 0.413. The predicted octanol–water partition coefficient (Wildman–Crippen LogP) is 2.55. The smallest absolute Gasteiger partial charge is 0.136 e. The summed E-state index contributed by atoms with van der Waals surface area (Å²) in [6, 6.07) is 7.61. The van der Waals surface area contributed by atoms with E-state index in [-0.39, 0.29) is 0 Å². The van der Waals surface area contributed by atoms with Gasteiger partial charge in [0.25, 0.3) is 0 Å². The maximum absolute atomic E-state index is 8.91. The molecule has 0 bridgehead atoms. The summed E-state index contributed by atoms with van der Waals surface area (Å²) in [6.07, 6.45) is 3.64. The zero-order chi connectivity index (χ0) is 13.0. The molecule has 0 aliphatic carbocycles. The molecule has 0 atom stereocenters. The van der Waals surface area contributed by atoms with Crippen LogP contribution in [0.5, 0.6) is 5.75 Å². The first-order chi connectivity index (χ1) is 8.76. The standard InChI is InChI=1S/C13H12ClN3O/c1-18-13-4-10(2-3-11(13)6-15)7-17-8-12(5-14)16-9-17/h2-4,8-9H,5,7H2,1H3. The highest BCUT2D eigenvalue weighted by atomic mass is 35.5. The second-order valence-corrected chi connectivity index (χ2v) is 4.08. The third-order valence-electron chi connectivity index (χ3n) is 2.58. The zero-order valence-corrected chi connectivity index (χ0v) is 10.7. The Hall–Kier alpha value is -1.99. The summed E-state index contributed by atoms with van der Waals surface area (Å²) in [4.78, 5) is 4.15. The zero-order valence-electron chi connectivity index (χ0n) is 9.93. The highest BCUT2D eigenvalue weighted by Gasteiger charge is 2.04. The number of halogens is 1. The van der Waals surface area contributed by atoms with Gasteiger partial charge in [-0.05, 0) is 17.7 Å². The summed E-state index contributed by atoms with van der Waals surface area (Å²) in [5.74, 6) is 0.997. The number of rotatable bonds is 4. The number of hydrogen-bond donors (Lipinski definition) is 0. The number of alkyl halides is 1. The summed E-state index contributed by atoms with van der Waals surface area (Å²) in [7, 11) is 1.56. The Morgan fingerprint density at radius 1 is 1.50 bits per heavy atom. The third-order valence-corrected chi connectivity index (χ3v) is 2.85. The number of methoxy groups -OCH3 is 1. The molecule has 0 spiro atoms. The van der Waals surface area contributed by atoms with Gasteiger partial charge in [0.2, 0.25) is 0 Å². The molecule has 2 aromatic rings. The SMILES string of the molecule is COc1cc(Cn2cnc(CCl)c2)ccc1C#N. The number of hydrogen-bond acceptors (Lipinski definition) is 3. The lowest BCUT2D eigenvalue weighted by atomic mass is 10.1. The molecule has 4 nitrogen and oxygen atoms in total. The summed E-state index contributed by atoms with van der Waals surface area (Å²) < 4.78 is 7.12. The fourth-order valence-electron chi connectivity index (χ4n) is 1.70. The molecule has 0 unspecified atom stereocenters. The molecule has 92 valence electrons. The van der Waals surface area contributed by atoms with Crippen molar-refractivity contribution in [2.45, 2.75) is 12.4 Å². The van der Waals surface area contributed by atoms with Crippen LogP contribution in [0.15, 0.2) is 30.7 Å². The molecule has 0 aliphatic heterocycles. The quantitative estimate of drug-likeness (QED) is 0.795. The average Bonchev–Trinajstić information content (AvgIpc) is 2.86. The lowest BCUT2D eigenvalue weighted by Crippen LogP contribution is -1.98. The van der Waals surface area contributed by atoms with Gasteiger partial charge in [0.05, 0.1) is 30.6 Å². The number of imidazole rings is 1. The maximum Gasteiger partial charge on any atom is 0.136 e. The molecule has 0 saturated carbocycles. The van der Waals surface area contributed by atoms with Crippen molar-refractivity contribution < 1.29 is 4.74 Å². The van der Waals surface area contributed by atoms with Gasteiger partial charge < -0.3 is 9.30 Å². The summed E-state index contributed by atoms with van der Waals surface area (Å²) in [5.41, 5.74) is 2.43. The minimum Gasteiger partial charge on any atom is -0.495 e. The van der Waals surface area contributed by atoms with Gasteiger partial charge in [-0.1, -0.05) is 6.07 Å². The van der Waals surface area contributed by atoms with Gasteiger partial charge in [0, 0.05) is 12.7 Å². The second-order valence-electron chi connectivity index (χ2n) is 3.82. The first-order valence-electron chi connectivity index (χ1n) is 5.40. The van der Waals surface area contributed by atoms with Crippen LogP contribution < -0.4 is 4.74 Å².